The lowest BCUT2D eigenvalue weighted by atomic mass is 10.0. The van der Waals surface area contributed by atoms with E-state index >= 15 is 0 Å². The van der Waals surface area contributed by atoms with Gasteiger partial charge in [0.1, 0.15) is 6.61 Å². The van der Waals surface area contributed by atoms with Gasteiger partial charge in [-0.25, -0.2) is 0 Å². The molecule has 5 heteroatoms. The van der Waals surface area contributed by atoms with E-state index in [1.54, 1.807) is 0 Å². The molecule has 0 aromatic carbocycles. The van der Waals surface area contributed by atoms with Gasteiger partial charge < -0.3 is 14.2 Å². The van der Waals surface area contributed by atoms with Crippen LogP contribution in [0.15, 0.2) is 85.1 Å². The van der Waals surface area contributed by atoms with Gasteiger partial charge in [-0.2, -0.15) is 0 Å². The van der Waals surface area contributed by atoms with E-state index in [0.717, 1.165) is 103 Å². The first kappa shape index (κ1) is 65.1. The smallest absolute Gasteiger partial charge is 0.306 e. The molecule has 392 valence electrons. The summed E-state index contributed by atoms with van der Waals surface area (Å²) in [7, 11) is 0. The van der Waals surface area contributed by atoms with Gasteiger partial charge in [-0.1, -0.05) is 247 Å². The average molecular weight is 948 g/mol. The highest BCUT2D eigenvalue weighted by atomic mass is 16.6. The Morgan fingerprint density at radius 3 is 1.03 bits per heavy atom. The minimum atomic E-state index is -0.564. The lowest BCUT2D eigenvalue weighted by Gasteiger charge is -2.18. The minimum Gasteiger partial charge on any atom is -0.462 e. The second kappa shape index (κ2) is 58.4. The molecule has 0 spiro atoms. The molecule has 0 fully saturated rings. The van der Waals surface area contributed by atoms with Gasteiger partial charge in [0.05, 0.1) is 6.61 Å². The molecule has 0 radical (unpaired) electrons. The maximum absolute atomic E-state index is 12.9. The number of allylic oxidation sites excluding steroid dienone is 14. The van der Waals surface area contributed by atoms with Gasteiger partial charge in [0.15, 0.2) is 6.10 Å². The number of rotatable bonds is 53. The fourth-order valence-corrected chi connectivity index (χ4v) is 8.03. The molecule has 0 aromatic heterocycles. The Morgan fingerprint density at radius 1 is 0.324 bits per heavy atom. The maximum atomic E-state index is 12.9. The van der Waals surface area contributed by atoms with E-state index in [-0.39, 0.29) is 25.2 Å². The topological polar surface area (TPSA) is 61.8 Å². The van der Waals surface area contributed by atoms with Crippen LogP contribution in [-0.2, 0) is 23.8 Å². The summed E-state index contributed by atoms with van der Waals surface area (Å²) in [4.78, 5) is 25.5. The first-order valence-corrected chi connectivity index (χ1v) is 29.1. The summed E-state index contributed by atoms with van der Waals surface area (Å²) >= 11 is 0. The molecule has 0 saturated carbocycles. The lowest BCUT2D eigenvalue weighted by molar-refractivity contribution is -0.163. The largest absolute Gasteiger partial charge is 0.462 e. The summed E-state index contributed by atoms with van der Waals surface area (Å²) in [5.41, 5.74) is 0. The fraction of sp³-hybridized carbons (Fsp3) is 0.746. The molecule has 68 heavy (non-hydrogen) atoms. The van der Waals surface area contributed by atoms with Crippen LogP contribution in [0.1, 0.15) is 278 Å². The Kier molecular flexibility index (Phi) is 55.9. The zero-order valence-electron chi connectivity index (χ0n) is 45.1. The highest BCUT2D eigenvalue weighted by Crippen LogP contribution is 2.15. The van der Waals surface area contributed by atoms with Crippen LogP contribution >= 0.6 is 0 Å². The minimum absolute atomic E-state index is 0.0586. The zero-order valence-corrected chi connectivity index (χ0v) is 45.1. The Balaban J connectivity index is 4.37. The Labute approximate surface area is 422 Å². The molecule has 0 aromatic rings. The summed E-state index contributed by atoms with van der Waals surface area (Å²) in [6, 6.07) is 0. The van der Waals surface area contributed by atoms with Crippen molar-refractivity contribution in [3.8, 4) is 0 Å². The zero-order chi connectivity index (χ0) is 49.2. The van der Waals surface area contributed by atoms with Crippen LogP contribution in [0, 0.1) is 0 Å². The number of carbonyl (C=O) groups excluding carboxylic acids is 2. The van der Waals surface area contributed by atoms with Crippen molar-refractivity contribution in [2.45, 2.75) is 284 Å². The summed E-state index contributed by atoms with van der Waals surface area (Å²) in [6.07, 6.45) is 77.4. The van der Waals surface area contributed by atoms with E-state index in [1.165, 1.54) is 141 Å². The van der Waals surface area contributed by atoms with Gasteiger partial charge in [-0.05, 0) is 103 Å². The monoisotopic (exact) mass is 947 g/mol. The van der Waals surface area contributed by atoms with Crippen molar-refractivity contribution in [3.63, 3.8) is 0 Å². The van der Waals surface area contributed by atoms with Crippen LogP contribution in [-0.4, -0.2) is 37.9 Å². The summed E-state index contributed by atoms with van der Waals surface area (Å²) < 4.78 is 17.4. The fourth-order valence-electron chi connectivity index (χ4n) is 8.03. The molecule has 0 saturated heterocycles. The molecule has 0 unspecified atom stereocenters. The Morgan fingerprint density at radius 2 is 0.618 bits per heavy atom. The van der Waals surface area contributed by atoms with E-state index in [2.05, 4.69) is 106 Å². The SMILES string of the molecule is CCCCC/C=C\C/C=C\C/C=C\C/C=C\CCCCCC(=O)OC[C@@H](COCCCCCCCCCCCCCCCCCC)OC(=O)CCCCCC/C=C\C/C=C\C/C=C\CCCCC. The van der Waals surface area contributed by atoms with Crippen LogP contribution in [0.25, 0.3) is 0 Å². The summed E-state index contributed by atoms with van der Waals surface area (Å²) in [5, 5.41) is 0. The first-order chi connectivity index (χ1) is 33.6. The molecule has 0 aliphatic carbocycles. The highest BCUT2D eigenvalue weighted by molar-refractivity contribution is 5.70. The molecule has 0 rings (SSSR count). The molecular weight excluding hydrogens is 837 g/mol. The Bertz CT molecular complexity index is 1250. The molecule has 0 N–H and O–H groups in total. The standard InChI is InChI=1S/C63H110O5/c1-4-7-10-13-16-19-22-25-28-31-32-34-35-38-41-44-47-50-53-56-62(64)67-60-61(59-66-58-55-52-49-46-43-40-37-30-27-24-21-18-15-12-9-6-3)68-63(65)57-54-51-48-45-42-39-36-33-29-26-23-20-17-14-11-8-5-2/h16-17,19-20,25-26,28-29,32,34,36,38-39,41,61H,4-15,18,21-24,27,30-31,33,35,37,40,42-60H2,1-3H3/b19-16-,20-17-,28-25-,29-26-,34-32-,39-36-,41-38-/t61-/m1/s1. The van der Waals surface area contributed by atoms with Gasteiger partial charge >= 0.3 is 11.9 Å². The van der Waals surface area contributed by atoms with Crippen molar-refractivity contribution in [2.75, 3.05) is 19.8 Å². The number of hydrogen-bond acceptors (Lipinski definition) is 5. The number of hydrogen-bond donors (Lipinski definition) is 0. The van der Waals surface area contributed by atoms with Crippen molar-refractivity contribution in [1.82, 2.24) is 0 Å². The third-order valence-electron chi connectivity index (χ3n) is 12.4. The van der Waals surface area contributed by atoms with Crippen LogP contribution < -0.4 is 0 Å². The molecular formula is C63H110O5. The van der Waals surface area contributed by atoms with Crippen LogP contribution in [0.5, 0.6) is 0 Å². The molecule has 0 amide bonds. The summed E-state index contributed by atoms with van der Waals surface area (Å²) in [5.74, 6) is -0.451. The molecule has 0 aliphatic rings. The van der Waals surface area contributed by atoms with Crippen molar-refractivity contribution < 1.29 is 23.8 Å². The first-order valence-electron chi connectivity index (χ1n) is 29.1. The molecule has 0 bridgehead atoms. The second-order valence-corrected chi connectivity index (χ2v) is 19.2. The van der Waals surface area contributed by atoms with E-state index in [9.17, 15) is 9.59 Å². The lowest BCUT2D eigenvalue weighted by Crippen LogP contribution is -2.30. The third-order valence-corrected chi connectivity index (χ3v) is 12.4. The number of unbranched alkanes of at least 4 members (excludes halogenated alkanes) is 28. The van der Waals surface area contributed by atoms with Gasteiger partial charge in [-0.15, -0.1) is 0 Å². The van der Waals surface area contributed by atoms with Crippen LogP contribution in [0.4, 0.5) is 0 Å². The third kappa shape index (κ3) is 55.7. The van der Waals surface area contributed by atoms with Gasteiger partial charge in [0.25, 0.3) is 0 Å². The maximum Gasteiger partial charge on any atom is 0.306 e. The molecule has 5 nitrogen and oxygen atoms in total. The van der Waals surface area contributed by atoms with Gasteiger partial charge in [0.2, 0.25) is 0 Å². The molecule has 1 atom stereocenters. The van der Waals surface area contributed by atoms with Crippen molar-refractivity contribution >= 4 is 11.9 Å². The second-order valence-electron chi connectivity index (χ2n) is 19.2. The van der Waals surface area contributed by atoms with E-state index < -0.39 is 6.10 Å². The van der Waals surface area contributed by atoms with Crippen molar-refractivity contribution in [1.29, 1.82) is 0 Å². The molecule has 0 aliphatic heterocycles. The average Bonchev–Trinajstić information content (AvgIpc) is 3.34. The highest BCUT2D eigenvalue weighted by Gasteiger charge is 2.17. The van der Waals surface area contributed by atoms with E-state index in [4.69, 9.17) is 14.2 Å². The van der Waals surface area contributed by atoms with Crippen LogP contribution in [0.2, 0.25) is 0 Å². The quantitative estimate of drug-likeness (QED) is 0.0345. The van der Waals surface area contributed by atoms with E-state index in [0.29, 0.717) is 19.4 Å². The Hall–Kier alpha value is -2.92. The number of ether oxygens (including phenoxy) is 3. The molecule has 0 heterocycles. The number of carbonyl (C=O) groups is 2. The summed E-state index contributed by atoms with van der Waals surface area (Å²) in [6.45, 7) is 7.74. The van der Waals surface area contributed by atoms with Crippen molar-refractivity contribution in [2.24, 2.45) is 0 Å². The van der Waals surface area contributed by atoms with E-state index in [1.807, 2.05) is 0 Å². The number of esters is 2. The predicted molar refractivity (Wildman–Crippen MR) is 297 cm³/mol. The van der Waals surface area contributed by atoms with Gasteiger partial charge in [0, 0.05) is 19.4 Å². The predicted octanol–water partition coefficient (Wildman–Crippen LogP) is 20.0. The normalized spacial score (nSPS) is 12.8. The van der Waals surface area contributed by atoms with Crippen LogP contribution in [0.3, 0.4) is 0 Å². The van der Waals surface area contributed by atoms with Gasteiger partial charge in [-0.3, -0.25) is 9.59 Å². The van der Waals surface area contributed by atoms with Crippen molar-refractivity contribution in [3.05, 3.63) is 85.1 Å².